The molecule has 0 unspecified atom stereocenters. The van der Waals surface area contributed by atoms with Crippen LogP contribution in [0.5, 0.6) is 0 Å². The number of aromatic nitrogens is 2. The van der Waals surface area contributed by atoms with Gasteiger partial charge in [-0.2, -0.15) is 0 Å². The van der Waals surface area contributed by atoms with Crippen LogP contribution in [0.15, 0.2) is 23.0 Å². The van der Waals surface area contributed by atoms with E-state index in [1.807, 2.05) is 39.8 Å². The summed E-state index contributed by atoms with van der Waals surface area (Å²) in [5, 5.41) is 0.570. The van der Waals surface area contributed by atoms with Gasteiger partial charge < -0.3 is 14.3 Å². The van der Waals surface area contributed by atoms with Gasteiger partial charge in [0, 0.05) is 0 Å². The highest BCUT2D eigenvalue weighted by Gasteiger charge is 2.51. The van der Waals surface area contributed by atoms with Crippen molar-refractivity contribution >= 4 is 23.5 Å². The fourth-order valence-electron chi connectivity index (χ4n) is 2.40. The molecule has 1 fully saturated rings. The molecule has 0 bridgehead atoms. The average Bonchev–Trinajstić information content (AvgIpc) is 2.57. The highest BCUT2D eigenvalue weighted by Crippen LogP contribution is 2.36. The molecule has 0 aliphatic carbocycles. The Morgan fingerprint density at radius 1 is 1.14 bits per heavy atom. The molecule has 1 saturated heterocycles. The molecule has 1 aliphatic rings. The van der Waals surface area contributed by atoms with Gasteiger partial charge in [0.15, 0.2) is 0 Å². The number of hydrogen-bond acceptors (Lipinski definition) is 4. The van der Waals surface area contributed by atoms with Gasteiger partial charge in [-0.25, -0.2) is 4.98 Å². The van der Waals surface area contributed by atoms with Gasteiger partial charge in [0.25, 0.3) is 5.56 Å². The van der Waals surface area contributed by atoms with Gasteiger partial charge in [0.1, 0.15) is 5.82 Å². The third kappa shape index (κ3) is 2.28. The summed E-state index contributed by atoms with van der Waals surface area (Å²) in [5.74, 6) is 0.596. The summed E-state index contributed by atoms with van der Waals surface area (Å²) in [4.78, 5) is 19.0. The molecule has 0 spiro atoms. The fraction of sp³-hybridized carbons (Fsp3) is 0.467. The van der Waals surface area contributed by atoms with Gasteiger partial charge in [0.05, 0.1) is 22.1 Å². The van der Waals surface area contributed by atoms with Gasteiger partial charge in [-0.15, -0.1) is 0 Å². The van der Waals surface area contributed by atoms with Gasteiger partial charge in [0.2, 0.25) is 0 Å². The monoisotopic (exact) mass is 286 g/mol. The lowest BCUT2D eigenvalue weighted by Crippen LogP contribution is -2.41. The van der Waals surface area contributed by atoms with E-state index in [1.54, 1.807) is 13.0 Å². The number of rotatable bonds is 1. The van der Waals surface area contributed by atoms with E-state index >= 15 is 0 Å². The predicted octanol–water partition coefficient (Wildman–Crippen LogP) is 1.53. The largest absolute Gasteiger partial charge is 0.494 e. The van der Waals surface area contributed by atoms with Crippen LogP contribution in [-0.2, 0) is 9.31 Å². The van der Waals surface area contributed by atoms with E-state index in [0.717, 1.165) is 5.46 Å². The smallest absolute Gasteiger partial charge is 0.399 e. The van der Waals surface area contributed by atoms with Crippen LogP contribution < -0.4 is 11.0 Å². The first-order valence-corrected chi connectivity index (χ1v) is 7.06. The first kappa shape index (κ1) is 14.3. The standard InChI is InChI=1S/C15H19BN2O3/c1-9-17-12-8-10(6-7-11(12)13(19)18-9)16-20-14(2,3)15(4,5)21-16/h6-8H,1-5H3,(H,17,18,19). The Morgan fingerprint density at radius 3 is 2.38 bits per heavy atom. The van der Waals surface area contributed by atoms with Crippen LogP contribution in [0.25, 0.3) is 10.9 Å². The normalized spacial score (nSPS) is 20.1. The molecule has 1 aliphatic heterocycles. The molecule has 1 aromatic carbocycles. The summed E-state index contributed by atoms with van der Waals surface area (Å²) in [7, 11) is -0.444. The molecule has 2 aromatic rings. The summed E-state index contributed by atoms with van der Waals surface area (Å²) < 4.78 is 12.0. The van der Waals surface area contributed by atoms with Crippen molar-refractivity contribution < 1.29 is 9.31 Å². The highest BCUT2D eigenvalue weighted by atomic mass is 16.7. The van der Waals surface area contributed by atoms with E-state index in [9.17, 15) is 4.79 Å². The molecule has 5 nitrogen and oxygen atoms in total. The average molecular weight is 286 g/mol. The van der Waals surface area contributed by atoms with Crippen LogP contribution in [0.3, 0.4) is 0 Å². The zero-order valence-electron chi connectivity index (χ0n) is 13.0. The molecule has 0 atom stereocenters. The highest BCUT2D eigenvalue weighted by molar-refractivity contribution is 6.62. The number of nitrogens with zero attached hydrogens (tertiary/aromatic N) is 1. The molecule has 1 N–H and O–H groups in total. The van der Waals surface area contributed by atoms with Crippen LogP contribution in [-0.4, -0.2) is 28.3 Å². The van der Waals surface area contributed by atoms with Crippen LogP contribution >= 0.6 is 0 Å². The lowest BCUT2D eigenvalue weighted by Gasteiger charge is -2.32. The summed E-state index contributed by atoms with van der Waals surface area (Å²) >= 11 is 0. The number of fused-ring (bicyclic) bond motifs is 1. The second-order valence-corrected chi connectivity index (χ2v) is 6.52. The van der Waals surface area contributed by atoms with E-state index in [-0.39, 0.29) is 16.8 Å². The zero-order chi connectivity index (χ0) is 15.4. The number of aromatic amines is 1. The third-order valence-electron chi connectivity index (χ3n) is 4.37. The molecule has 3 rings (SSSR count). The Bertz CT molecular complexity index is 751. The number of hydrogen-bond donors (Lipinski definition) is 1. The summed E-state index contributed by atoms with van der Waals surface area (Å²) in [6, 6.07) is 5.48. The van der Waals surface area contributed by atoms with Crippen molar-refractivity contribution in [2.75, 3.05) is 0 Å². The van der Waals surface area contributed by atoms with Crippen LogP contribution in [0.2, 0.25) is 0 Å². The molecule has 2 heterocycles. The number of aryl methyl sites for hydroxylation is 1. The second-order valence-electron chi connectivity index (χ2n) is 6.52. The minimum absolute atomic E-state index is 0.127. The van der Waals surface area contributed by atoms with Gasteiger partial charge in [-0.3, -0.25) is 4.79 Å². The Hall–Kier alpha value is -1.66. The van der Waals surface area contributed by atoms with E-state index in [1.165, 1.54) is 0 Å². The minimum Gasteiger partial charge on any atom is -0.399 e. The maximum absolute atomic E-state index is 11.9. The molecule has 21 heavy (non-hydrogen) atoms. The topological polar surface area (TPSA) is 64.2 Å². The molecule has 6 heteroatoms. The van der Waals surface area contributed by atoms with Crippen molar-refractivity contribution in [1.29, 1.82) is 0 Å². The Labute approximate surface area is 123 Å². The first-order valence-electron chi connectivity index (χ1n) is 7.06. The van der Waals surface area contributed by atoms with Crippen LogP contribution in [0.4, 0.5) is 0 Å². The quantitative estimate of drug-likeness (QED) is 0.807. The number of benzene rings is 1. The van der Waals surface area contributed by atoms with Gasteiger partial charge >= 0.3 is 7.12 Å². The third-order valence-corrected chi connectivity index (χ3v) is 4.37. The van der Waals surface area contributed by atoms with Crippen molar-refractivity contribution in [2.24, 2.45) is 0 Å². The van der Waals surface area contributed by atoms with Gasteiger partial charge in [-0.05, 0) is 52.2 Å². The van der Waals surface area contributed by atoms with Crippen molar-refractivity contribution in [1.82, 2.24) is 9.97 Å². The first-order chi connectivity index (χ1) is 9.69. The van der Waals surface area contributed by atoms with Crippen LogP contribution in [0.1, 0.15) is 33.5 Å². The van der Waals surface area contributed by atoms with E-state index in [2.05, 4.69) is 9.97 Å². The minimum atomic E-state index is -0.444. The molecular formula is C15H19BN2O3. The molecule has 0 radical (unpaired) electrons. The van der Waals surface area contributed by atoms with E-state index in [4.69, 9.17) is 9.31 Å². The summed E-state index contributed by atoms with van der Waals surface area (Å²) in [6.07, 6.45) is 0. The Morgan fingerprint density at radius 2 is 1.76 bits per heavy atom. The molecule has 0 saturated carbocycles. The maximum atomic E-state index is 11.9. The molecular weight excluding hydrogens is 267 g/mol. The maximum Gasteiger partial charge on any atom is 0.494 e. The zero-order valence-corrected chi connectivity index (χ0v) is 13.0. The molecule has 0 amide bonds. The fourth-order valence-corrected chi connectivity index (χ4v) is 2.40. The van der Waals surface area contributed by atoms with Crippen molar-refractivity contribution in [3.8, 4) is 0 Å². The van der Waals surface area contributed by atoms with Crippen LogP contribution in [0, 0.1) is 6.92 Å². The lowest BCUT2D eigenvalue weighted by molar-refractivity contribution is 0.00578. The predicted molar refractivity (Wildman–Crippen MR) is 82.8 cm³/mol. The summed E-state index contributed by atoms with van der Waals surface area (Å²) in [6.45, 7) is 9.83. The number of H-pyrrole nitrogens is 1. The van der Waals surface area contributed by atoms with Gasteiger partial charge in [-0.1, -0.05) is 6.07 Å². The lowest BCUT2D eigenvalue weighted by atomic mass is 9.79. The second kappa shape index (κ2) is 4.42. The Kier molecular flexibility index (Phi) is 3.01. The molecule has 110 valence electrons. The number of nitrogens with one attached hydrogen (secondary N) is 1. The summed E-state index contributed by atoms with van der Waals surface area (Å²) in [5.41, 5.74) is 0.633. The van der Waals surface area contributed by atoms with Crippen molar-refractivity contribution in [3.63, 3.8) is 0 Å². The van der Waals surface area contributed by atoms with E-state index in [0.29, 0.717) is 16.7 Å². The SMILES string of the molecule is Cc1nc2cc(B3OC(C)(C)C(C)(C)O3)ccc2c(=O)[nH]1. The van der Waals surface area contributed by atoms with Crippen molar-refractivity contribution in [2.45, 2.75) is 45.8 Å². The van der Waals surface area contributed by atoms with E-state index < -0.39 is 7.12 Å². The van der Waals surface area contributed by atoms with Crippen molar-refractivity contribution in [3.05, 3.63) is 34.4 Å². The Balaban J connectivity index is 2.05. The molecule has 1 aromatic heterocycles.